The lowest BCUT2D eigenvalue weighted by Gasteiger charge is -2.13. The van der Waals surface area contributed by atoms with Crippen LogP contribution in [0.25, 0.3) is 11.1 Å². The molecule has 0 aliphatic heterocycles. The number of halogens is 2. The van der Waals surface area contributed by atoms with Crippen LogP contribution in [0.2, 0.25) is 0 Å². The number of hydrogen-bond donors (Lipinski definition) is 0. The molecule has 0 heterocycles. The lowest BCUT2D eigenvalue weighted by Crippen LogP contribution is -2.10. The highest BCUT2D eigenvalue weighted by Gasteiger charge is 2.14. The summed E-state index contributed by atoms with van der Waals surface area (Å²) in [6.07, 6.45) is 0.0539. The third-order valence-electron chi connectivity index (χ3n) is 3.77. The lowest BCUT2D eigenvalue weighted by molar-refractivity contribution is 0.0733. The molecule has 0 bridgehead atoms. The Morgan fingerprint density at radius 2 is 1.48 bits per heavy atom. The summed E-state index contributed by atoms with van der Waals surface area (Å²) in [7, 11) is 0. The van der Waals surface area contributed by atoms with Gasteiger partial charge in [-0.15, -0.1) is 0 Å². The molecule has 0 atom stereocenters. The van der Waals surface area contributed by atoms with Crippen LogP contribution in [0.4, 0.5) is 0 Å². The smallest absolute Gasteiger partial charge is 0.343 e. The van der Waals surface area contributed by atoms with Crippen LogP contribution >= 0.6 is 31.9 Å². The van der Waals surface area contributed by atoms with Gasteiger partial charge in [0.25, 0.3) is 0 Å². The van der Waals surface area contributed by atoms with Crippen LogP contribution in [-0.4, -0.2) is 12.1 Å². The molecule has 0 unspecified atom stereocenters. The van der Waals surface area contributed by atoms with Crippen molar-refractivity contribution in [2.24, 2.45) is 0 Å². The quantitative estimate of drug-likeness (QED) is 0.289. The minimum atomic E-state index is -0.431. The second-order valence-electron chi connectivity index (χ2n) is 6.21. The van der Waals surface area contributed by atoms with E-state index in [4.69, 9.17) is 9.47 Å². The Kier molecular flexibility index (Phi) is 6.34. The van der Waals surface area contributed by atoms with Gasteiger partial charge in [0.05, 0.1) is 20.6 Å². The summed E-state index contributed by atoms with van der Waals surface area (Å²) >= 11 is 6.93. The Labute approximate surface area is 175 Å². The molecule has 0 aliphatic carbocycles. The van der Waals surface area contributed by atoms with E-state index in [0.717, 1.165) is 15.6 Å². The van der Waals surface area contributed by atoms with Gasteiger partial charge >= 0.3 is 5.97 Å². The molecule has 0 aromatic heterocycles. The first kappa shape index (κ1) is 19.6. The molecule has 0 saturated carbocycles. The van der Waals surface area contributed by atoms with Crippen LogP contribution in [0.5, 0.6) is 11.5 Å². The standard InChI is InChI=1S/C22H18Br2O3/c1-14(2)26-20-11-9-17(13-19(20)24)22(25)27-21-10-8-16(12-18(21)23)15-6-4-3-5-7-15/h3-14H,1-2H3. The molecule has 0 amide bonds. The largest absolute Gasteiger partial charge is 0.490 e. The lowest BCUT2D eigenvalue weighted by atomic mass is 10.1. The minimum Gasteiger partial charge on any atom is -0.490 e. The fourth-order valence-corrected chi connectivity index (χ4v) is 3.46. The molecule has 3 aromatic rings. The fraction of sp³-hybridized carbons (Fsp3) is 0.136. The SMILES string of the molecule is CC(C)Oc1ccc(C(=O)Oc2ccc(-c3ccccc3)cc2Br)cc1Br. The number of carbonyl (C=O) groups excluding carboxylic acids is 1. The topological polar surface area (TPSA) is 35.5 Å². The highest BCUT2D eigenvalue weighted by atomic mass is 79.9. The highest BCUT2D eigenvalue weighted by molar-refractivity contribution is 9.10. The summed E-state index contributed by atoms with van der Waals surface area (Å²) in [6.45, 7) is 3.90. The Morgan fingerprint density at radius 3 is 2.11 bits per heavy atom. The first-order chi connectivity index (χ1) is 12.9. The molecule has 3 rings (SSSR count). The number of benzene rings is 3. The highest BCUT2D eigenvalue weighted by Crippen LogP contribution is 2.32. The van der Waals surface area contributed by atoms with E-state index >= 15 is 0 Å². The number of rotatable bonds is 5. The fourth-order valence-electron chi connectivity index (χ4n) is 2.53. The van der Waals surface area contributed by atoms with Crippen molar-refractivity contribution in [2.45, 2.75) is 20.0 Å². The zero-order valence-electron chi connectivity index (χ0n) is 14.9. The van der Waals surface area contributed by atoms with E-state index < -0.39 is 5.97 Å². The first-order valence-corrected chi connectivity index (χ1v) is 10.1. The molecule has 0 fully saturated rings. The molecular formula is C22H18Br2O3. The third-order valence-corrected chi connectivity index (χ3v) is 5.01. The first-order valence-electron chi connectivity index (χ1n) is 8.47. The zero-order valence-corrected chi connectivity index (χ0v) is 18.1. The van der Waals surface area contributed by atoms with E-state index in [9.17, 15) is 4.79 Å². The predicted octanol–water partition coefficient (Wildman–Crippen LogP) is 6.89. The van der Waals surface area contributed by atoms with Crippen LogP contribution in [0, 0.1) is 0 Å². The molecule has 0 aliphatic rings. The molecule has 3 nitrogen and oxygen atoms in total. The molecule has 5 heteroatoms. The maximum atomic E-state index is 12.5. The van der Waals surface area contributed by atoms with E-state index in [1.807, 2.05) is 56.3 Å². The van der Waals surface area contributed by atoms with E-state index in [2.05, 4.69) is 31.9 Å². The summed E-state index contributed by atoms with van der Waals surface area (Å²) in [5, 5.41) is 0. The van der Waals surface area contributed by atoms with E-state index in [-0.39, 0.29) is 6.10 Å². The Bertz CT molecular complexity index is 953. The van der Waals surface area contributed by atoms with Crippen LogP contribution < -0.4 is 9.47 Å². The molecular weight excluding hydrogens is 472 g/mol. The van der Waals surface area contributed by atoms with Crippen molar-refractivity contribution < 1.29 is 14.3 Å². The van der Waals surface area contributed by atoms with Crippen molar-refractivity contribution in [3.05, 3.63) is 81.2 Å². The van der Waals surface area contributed by atoms with Gasteiger partial charge in [-0.3, -0.25) is 0 Å². The van der Waals surface area contributed by atoms with Crippen LogP contribution in [0.1, 0.15) is 24.2 Å². The summed E-state index contributed by atoms with van der Waals surface area (Å²) in [5.41, 5.74) is 2.58. The van der Waals surface area contributed by atoms with Gasteiger partial charge in [0.15, 0.2) is 0 Å². The average molecular weight is 490 g/mol. The van der Waals surface area contributed by atoms with Gasteiger partial charge in [-0.05, 0) is 87.2 Å². The Hall–Kier alpha value is -2.11. The summed E-state index contributed by atoms with van der Waals surface area (Å²) in [6, 6.07) is 20.8. The Morgan fingerprint density at radius 1 is 0.815 bits per heavy atom. The van der Waals surface area contributed by atoms with Gasteiger partial charge < -0.3 is 9.47 Å². The number of carbonyl (C=O) groups is 1. The van der Waals surface area contributed by atoms with Crippen molar-refractivity contribution >= 4 is 37.8 Å². The van der Waals surface area contributed by atoms with E-state index in [1.54, 1.807) is 24.3 Å². The molecule has 3 aromatic carbocycles. The summed E-state index contributed by atoms with van der Waals surface area (Å²) < 4.78 is 12.6. The van der Waals surface area contributed by atoms with Gasteiger partial charge in [0, 0.05) is 0 Å². The maximum absolute atomic E-state index is 12.5. The van der Waals surface area contributed by atoms with Crippen LogP contribution in [0.15, 0.2) is 75.7 Å². The van der Waals surface area contributed by atoms with Crippen molar-refractivity contribution in [3.63, 3.8) is 0 Å². The molecule has 0 spiro atoms. The summed E-state index contributed by atoms with van der Waals surface area (Å²) in [5.74, 6) is 0.730. The molecule has 27 heavy (non-hydrogen) atoms. The molecule has 0 radical (unpaired) electrons. The summed E-state index contributed by atoms with van der Waals surface area (Å²) in [4.78, 5) is 12.5. The minimum absolute atomic E-state index is 0.0539. The third kappa shape index (κ3) is 4.99. The van der Waals surface area contributed by atoms with Gasteiger partial charge in [-0.1, -0.05) is 36.4 Å². The van der Waals surface area contributed by atoms with Gasteiger partial charge in [0.1, 0.15) is 11.5 Å². The second kappa shape index (κ2) is 8.72. The van der Waals surface area contributed by atoms with Crippen molar-refractivity contribution in [1.29, 1.82) is 0 Å². The van der Waals surface area contributed by atoms with Crippen molar-refractivity contribution in [1.82, 2.24) is 0 Å². The van der Waals surface area contributed by atoms with Crippen LogP contribution in [0.3, 0.4) is 0 Å². The normalized spacial score (nSPS) is 10.7. The van der Waals surface area contributed by atoms with Crippen molar-refractivity contribution in [2.75, 3.05) is 0 Å². The number of esters is 1. The van der Waals surface area contributed by atoms with E-state index in [0.29, 0.717) is 21.5 Å². The molecule has 0 N–H and O–H groups in total. The number of ether oxygens (including phenoxy) is 2. The Balaban J connectivity index is 1.77. The number of hydrogen-bond acceptors (Lipinski definition) is 3. The maximum Gasteiger partial charge on any atom is 0.343 e. The molecule has 138 valence electrons. The van der Waals surface area contributed by atoms with Gasteiger partial charge in [0.2, 0.25) is 0 Å². The van der Waals surface area contributed by atoms with Gasteiger partial charge in [-0.2, -0.15) is 0 Å². The molecule has 0 saturated heterocycles. The zero-order chi connectivity index (χ0) is 19.4. The predicted molar refractivity (Wildman–Crippen MR) is 114 cm³/mol. The van der Waals surface area contributed by atoms with Crippen molar-refractivity contribution in [3.8, 4) is 22.6 Å². The van der Waals surface area contributed by atoms with E-state index in [1.165, 1.54) is 0 Å². The average Bonchev–Trinajstić information content (AvgIpc) is 2.65. The van der Waals surface area contributed by atoms with Gasteiger partial charge in [-0.25, -0.2) is 4.79 Å². The second-order valence-corrected chi connectivity index (χ2v) is 7.92. The van der Waals surface area contributed by atoms with Crippen LogP contribution in [-0.2, 0) is 0 Å². The monoisotopic (exact) mass is 488 g/mol.